The molecule has 1 aliphatic rings. The van der Waals surface area contributed by atoms with Gasteiger partial charge in [0, 0.05) is 18.7 Å². The minimum absolute atomic E-state index is 0.0738. The molecule has 9 heteroatoms. The van der Waals surface area contributed by atoms with Crippen LogP contribution in [0.25, 0.3) is 5.76 Å². The number of carbonyl (C=O) groups excluding carboxylic acids is 2. The van der Waals surface area contributed by atoms with Crippen molar-refractivity contribution in [3.63, 3.8) is 0 Å². The number of likely N-dealkylation sites (N-methyl/N-ethyl adjacent to an activating group) is 1. The van der Waals surface area contributed by atoms with Crippen LogP contribution in [0.1, 0.15) is 22.7 Å². The van der Waals surface area contributed by atoms with Gasteiger partial charge >= 0.3 is 0 Å². The standard InChI is InChI=1S/C25H29ClN2O6/c1-14-12-16(23(33-5)17(26)13-14)21(29)19-20(15-8-7-9-18(32-4)24(15)34-6)28(11-10-27(2)3)25(31)22(19)30/h7-9,12-13,20,29H,10-11H2,1-6H3/b21-19+. The third-order valence-corrected chi connectivity index (χ3v) is 5.98. The van der Waals surface area contributed by atoms with E-state index in [4.69, 9.17) is 25.8 Å². The minimum atomic E-state index is -0.908. The number of para-hydroxylation sites is 1. The zero-order chi connectivity index (χ0) is 25.2. The smallest absolute Gasteiger partial charge is 0.295 e. The Balaban J connectivity index is 2.33. The summed E-state index contributed by atoms with van der Waals surface area (Å²) < 4.78 is 16.5. The number of halogens is 1. The molecule has 8 nitrogen and oxygen atoms in total. The van der Waals surface area contributed by atoms with Crippen molar-refractivity contribution in [2.45, 2.75) is 13.0 Å². The van der Waals surface area contributed by atoms with Crippen LogP contribution in [0, 0.1) is 6.92 Å². The average molecular weight is 489 g/mol. The number of aliphatic hydroxyl groups excluding tert-OH is 1. The van der Waals surface area contributed by atoms with Crippen LogP contribution >= 0.6 is 11.6 Å². The molecule has 1 unspecified atom stereocenters. The predicted molar refractivity (Wildman–Crippen MR) is 130 cm³/mol. The number of nitrogens with zero attached hydrogens (tertiary/aromatic N) is 2. The van der Waals surface area contributed by atoms with Gasteiger partial charge in [0.1, 0.15) is 11.5 Å². The van der Waals surface area contributed by atoms with E-state index in [2.05, 4.69) is 0 Å². The number of hydrogen-bond acceptors (Lipinski definition) is 7. The van der Waals surface area contributed by atoms with Gasteiger partial charge in [-0.05, 0) is 44.8 Å². The van der Waals surface area contributed by atoms with Crippen LogP contribution in [0.2, 0.25) is 5.02 Å². The number of hydrogen-bond donors (Lipinski definition) is 1. The fourth-order valence-electron chi connectivity index (χ4n) is 4.13. The monoisotopic (exact) mass is 488 g/mol. The molecule has 34 heavy (non-hydrogen) atoms. The molecule has 1 aliphatic heterocycles. The van der Waals surface area contributed by atoms with E-state index in [0.717, 1.165) is 5.56 Å². The summed E-state index contributed by atoms with van der Waals surface area (Å²) in [7, 11) is 8.15. The lowest BCUT2D eigenvalue weighted by Gasteiger charge is -2.28. The molecule has 182 valence electrons. The second-order valence-corrected chi connectivity index (χ2v) is 8.61. The number of aliphatic hydroxyl groups is 1. The van der Waals surface area contributed by atoms with E-state index in [1.165, 1.54) is 26.2 Å². The van der Waals surface area contributed by atoms with Crippen LogP contribution in [0.5, 0.6) is 17.2 Å². The van der Waals surface area contributed by atoms with Crippen molar-refractivity contribution in [1.29, 1.82) is 0 Å². The van der Waals surface area contributed by atoms with Gasteiger partial charge in [-0.15, -0.1) is 0 Å². The highest BCUT2D eigenvalue weighted by Crippen LogP contribution is 2.46. The lowest BCUT2D eigenvalue weighted by Crippen LogP contribution is -2.35. The van der Waals surface area contributed by atoms with Gasteiger partial charge in [-0.3, -0.25) is 9.59 Å². The van der Waals surface area contributed by atoms with Crippen LogP contribution in [-0.4, -0.2) is 75.1 Å². The van der Waals surface area contributed by atoms with Crippen molar-refractivity contribution in [1.82, 2.24) is 9.80 Å². The molecule has 0 radical (unpaired) electrons. The maximum atomic E-state index is 13.3. The number of likely N-dealkylation sites (tertiary alicyclic amines) is 1. The number of ether oxygens (including phenoxy) is 3. The lowest BCUT2D eigenvalue weighted by atomic mass is 9.93. The number of carbonyl (C=O) groups is 2. The first kappa shape index (κ1) is 25.4. The fraction of sp³-hybridized carbons (Fsp3) is 0.360. The summed E-state index contributed by atoms with van der Waals surface area (Å²) in [4.78, 5) is 29.8. The maximum absolute atomic E-state index is 13.3. The summed E-state index contributed by atoms with van der Waals surface area (Å²) in [5.41, 5.74) is 1.42. The molecule has 1 amide bonds. The number of methoxy groups -OCH3 is 3. The first-order valence-electron chi connectivity index (χ1n) is 10.6. The van der Waals surface area contributed by atoms with E-state index in [1.54, 1.807) is 37.3 Å². The number of Topliss-reactive ketones (excluding diaryl/α,β-unsaturated/α-hetero) is 1. The van der Waals surface area contributed by atoms with Crippen LogP contribution in [-0.2, 0) is 9.59 Å². The summed E-state index contributed by atoms with van der Waals surface area (Å²) in [6.45, 7) is 2.57. The number of amides is 1. The SMILES string of the molecule is COc1cccc(C2/C(=C(\O)c3cc(C)cc(Cl)c3OC)C(=O)C(=O)N2CCN(C)C)c1OC. The maximum Gasteiger partial charge on any atom is 0.295 e. The molecule has 1 saturated heterocycles. The van der Waals surface area contributed by atoms with E-state index in [-0.39, 0.29) is 34.2 Å². The summed E-state index contributed by atoms with van der Waals surface area (Å²) in [5, 5.41) is 11.7. The van der Waals surface area contributed by atoms with E-state index < -0.39 is 17.7 Å². The van der Waals surface area contributed by atoms with Crippen LogP contribution in [0.3, 0.4) is 0 Å². The van der Waals surface area contributed by atoms with Gasteiger partial charge in [-0.1, -0.05) is 23.7 Å². The van der Waals surface area contributed by atoms with Crippen molar-refractivity contribution in [3.8, 4) is 17.2 Å². The second kappa shape index (κ2) is 10.4. The van der Waals surface area contributed by atoms with Gasteiger partial charge in [-0.25, -0.2) is 0 Å². The Morgan fingerprint density at radius 1 is 1.09 bits per heavy atom. The molecular weight excluding hydrogens is 460 g/mol. The third-order valence-electron chi connectivity index (χ3n) is 5.70. The van der Waals surface area contributed by atoms with Crippen molar-refractivity contribution in [2.75, 3.05) is 48.5 Å². The van der Waals surface area contributed by atoms with Gasteiger partial charge in [0.2, 0.25) is 0 Å². The molecule has 1 fully saturated rings. The molecule has 0 spiro atoms. The third kappa shape index (κ3) is 4.56. The molecule has 1 atom stereocenters. The topological polar surface area (TPSA) is 88.5 Å². The largest absolute Gasteiger partial charge is 0.507 e. The fourth-order valence-corrected chi connectivity index (χ4v) is 4.48. The van der Waals surface area contributed by atoms with Gasteiger partial charge in [-0.2, -0.15) is 0 Å². The van der Waals surface area contributed by atoms with Crippen molar-refractivity contribution in [2.24, 2.45) is 0 Å². The Labute approximate surface area is 204 Å². The molecule has 1 N–H and O–H groups in total. The van der Waals surface area contributed by atoms with E-state index in [1.807, 2.05) is 19.0 Å². The Hall–Kier alpha value is -3.23. The van der Waals surface area contributed by atoms with E-state index in [0.29, 0.717) is 23.6 Å². The Morgan fingerprint density at radius 3 is 2.35 bits per heavy atom. The van der Waals surface area contributed by atoms with Crippen LogP contribution in [0.15, 0.2) is 35.9 Å². The summed E-state index contributed by atoms with van der Waals surface area (Å²) in [6.07, 6.45) is 0. The first-order chi connectivity index (χ1) is 16.2. The molecule has 2 aromatic rings. The van der Waals surface area contributed by atoms with Gasteiger partial charge in [0.05, 0.1) is 43.5 Å². The summed E-state index contributed by atoms with van der Waals surface area (Å²) in [6, 6.07) is 7.65. The molecule has 0 aromatic heterocycles. The van der Waals surface area contributed by atoms with Gasteiger partial charge in [0.25, 0.3) is 11.7 Å². The number of benzene rings is 2. The van der Waals surface area contributed by atoms with E-state index in [9.17, 15) is 14.7 Å². The highest BCUT2D eigenvalue weighted by atomic mass is 35.5. The number of aryl methyl sites for hydroxylation is 1. The zero-order valence-electron chi connectivity index (χ0n) is 20.1. The van der Waals surface area contributed by atoms with Gasteiger partial charge in [0.15, 0.2) is 11.5 Å². The summed E-state index contributed by atoms with van der Waals surface area (Å²) in [5.74, 6) is -0.869. The Morgan fingerprint density at radius 2 is 1.76 bits per heavy atom. The molecule has 0 aliphatic carbocycles. The Kier molecular flexibility index (Phi) is 7.74. The molecule has 2 aromatic carbocycles. The highest BCUT2D eigenvalue weighted by molar-refractivity contribution is 6.46. The lowest BCUT2D eigenvalue weighted by molar-refractivity contribution is -0.140. The van der Waals surface area contributed by atoms with Crippen LogP contribution < -0.4 is 14.2 Å². The molecule has 3 rings (SSSR count). The minimum Gasteiger partial charge on any atom is -0.507 e. The highest BCUT2D eigenvalue weighted by Gasteiger charge is 2.47. The number of ketones is 1. The average Bonchev–Trinajstić information content (AvgIpc) is 3.05. The first-order valence-corrected chi connectivity index (χ1v) is 11.0. The van der Waals surface area contributed by atoms with E-state index >= 15 is 0 Å². The summed E-state index contributed by atoms with van der Waals surface area (Å²) >= 11 is 6.34. The Bertz CT molecular complexity index is 1140. The second-order valence-electron chi connectivity index (χ2n) is 8.21. The molecular formula is C25H29ClN2O6. The quantitative estimate of drug-likeness (QED) is 0.344. The zero-order valence-corrected chi connectivity index (χ0v) is 20.9. The molecule has 1 heterocycles. The molecule has 0 saturated carbocycles. The van der Waals surface area contributed by atoms with Crippen LogP contribution in [0.4, 0.5) is 0 Å². The molecule has 0 bridgehead atoms. The number of rotatable bonds is 8. The van der Waals surface area contributed by atoms with Gasteiger partial charge < -0.3 is 29.1 Å². The van der Waals surface area contributed by atoms with Crippen molar-refractivity contribution >= 4 is 29.1 Å². The van der Waals surface area contributed by atoms with Crippen molar-refractivity contribution in [3.05, 3.63) is 57.6 Å². The normalized spacial score (nSPS) is 17.4. The van der Waals surface area contributed by atoms with Crippen molar-refractivity contribution < 1.29 is 28.9 Å². The predicted octanol–water partition coefficient (Wildman–Crippen LogP) is 3.66.